The van der Waals surface area contributed by atoms with Gasteiger partial charge in [-0.3, -0.25) is 4.90 Å². The van der Waals surface area contributed by atoms with Crippen molar-refractivity contribution in [2.24, 2.45) is 0 Å². The third-order valence-corrected chi connectivity index (χ3v) is 4.48. The van der Waals surface area contributed by atoms with E-state index in [0.29, 0.717) is 6.04 Å². The Morgan fingerprint density at radius 3 is 2.71 bits per heavy atom. The molecule has 21 heavy (non-hydrogen) atoms. The summed E-state index contributed by atoms with van der Waals surface area (Å²) in [5, 5.41) is 3.40. The van der Waals surface area contributed by atoms with Crippen LogP contribution in [0.25, 0.3) is 0 Å². The van der Waals surface area contributed by atoms with Crippen molar-refractivity contribution in [2.75, 3.05) is 37.6 Å². The molecule has 1 aromatic rings. The second-order valence-corrected chi connectivity index (χ2v) is 5.88. The van der Waals surface area contributed by atoms with Crippen LogP contribution in [-0.4, -0.2) is 43.7 Å². The Morgan fingerprint density at radius 1 is 1.33 bits per heavy atom. The number of piperazine rings is 1. The molecule has 1 saturated heterocycles. The molecule has 0 aliphatic carbocycles. The Balaban J connectivity index is 2.26. The van der Waals surface area contributed by atoms with Gasteiger partial charge in [0.05, 0.1) is 5.69 Å². The van der Waals surface area contributed by atoms with Crippen LogP contribution in [0.4, 0.5) is 10.1 Å². The fourth-order valence-corrected chi connectivity index (χ4v) is 3.30. The van der Waals surface area contributed by atoms with Crippen LogP contribution in [0.5, 0.6) is 0 Å². The molecular weight excluding hydrogens is 265 g/mol. The highest BCUT2D eigenvalue weighted by atomic mass is 19.1. The molecule has 0 aromatic heterocycles. The van der Waals surface area contributed by atoms with E-state index in [-0.39, 0.29) is 11.9 Å². The normalized spacial score (nSPS) is 21.6. The number of nitrogens with one attached hydrogen (secondary N) is 1. The fraction of sp³-hybridized carbons (Fsp3) is 0.647. The minimum Gasteiger partial charge on any atom is -0.366 e. The van der Waals surface area contributed by atoms with Gasteiger partial charge >= 0.3 is 0 Å². The molecule has 0 spiro atoms. The highest BCUT2D eigenvalue weighted by Gasteiger charge is 2.26. The van der Waals surface area contributed by atoms with E-state index in [4.69, 9.17) is 0 Å². The molecule has 0 bridgehead atoms. The summed E-state index contributed by atoms with van der Waals surface area (Å²) in [6.45, 7) is 13.3. The molecule has 1 aliphatic heterocycles. The first-order valence-corrected chi connectivity index (χ1v) is 8.09. The average Bonchev–Trinajstić information content (AvgIpc) is 2.47. The molecule has 1 N–H and O–H groups in total. The van der Waals surface area contributed by atoms with Crippen molar-refractivity contribution in [1.29, 1.82) is 0 Å². The van der Waals surface area contributed by atoms with Gasteiger partial charge in [0.2, 0.25) is 0 Å². The first-order chi connectivity index (χ1) is 10.1. The van der Waals surface area contributed by atoms with Crippen molar-refractivity contribution in [3.8, 4) is 0 Å². The molecule has 2 unspecified atom stereocenters. The quantitative estimate of drug-likeness (QED) is 0.900. The number of halogens is 1. The lowest BCUT2D eigenvalue weighted by molar-refractivity contribution is 0.199. The van der Waals surface area contributed by atoms with E-state index in [0.717, 1.165) is 44.0 Å². The predicted octanol–water partition coefficient (Wildman–Crippen LogP) is 3.03. The number of nitrogens with zero attached hydrogens (tertiary/aromatic N) is 2. The summed E-state index contributed by atoms with van der Waals surface area (Å²) in [7, 11) is 0. The zero-order valence-corrected chi connectivity index (χ0v) is 13.7. The molecule has 1 heterocycles. The third-order valence-electron chi connectivity index (χ3n) is 4.48. The smallest absolute Gasteiger partial charge is 0.146 e. The van der Waals surface area contributed by atoms with Gasteiger partial charge in [0.25, 0.3) is 0 Å². The van der Waals surface area contributed by atoms with Crippen LogP contribution >= 0.6 is 0 Å². The summed E-state index contributed by atoms with van der Waals surface area (Å²) < 4.78 is 14.5. The number of anilines is 1. The largest absolute Gasteiger partial charge is 0.366 e. The predicted molar refractivity (Wildman–Crippen MR) is 87.4 cm³/mol. The number of likely N-dealkylation sites (N-methyl/N-ethyl adjacent to an activating group) is 1. The molecular formula is C17H28FN3. The molecule has 2 atom stereocenters. The van der Waals surface area contributed by atoms with E-state index >= 15 is 0 Å². The van der Waals surface area contributed by atoms with Gasteiger partial charge in [-0.05, 0) is 38.6 Å². The van der Waals surface area contributed by atoms with Gasteiger partial charge in [-0.2, -0.15) is 0 Å². The Hall–Kier alpha value is -1.13. The number of benzene rings is 1. The van der Waals surface area contributed by atoms with Crippen molar-refractivity contribution in [3.63, 3.8) is 0 Å². The Morgan fingerprint density at radius 2 is 2.10 bits per heavy atom. The van der Waals surface area contributed by atoms with Crippen molar-refractivity contribution < 1.29 is 4.39 Å². The van der Waals surface area contributed by atoms with Gasteiger partial charge in [-0.25, -0.2) is 4.39 Å². The van der Waals surface area contributed by atoms with Crippen molar-refractivity contribution in [2.45, 2.75) is 39.8 Å². The maximum Gasteiger partial charge on any atom is 0.146 e. The molecule has 118 valence electrons. The van der Waals surface area contributed by atoms with E-state index in [1.54, 1.807) is 6.07 Å². The summed E-state index contributed by atoms with van der Waals surface area (Å²) in [6, 6.07) is 6.07. The highest BCUT2D eigenvalue weighted by Crippen LogP contribution is 2.31. The maximum atomic E-state index is 14.5. The maximum absolute atomic E-state index is 14.5. The van der Waals surface area contributed by atoms with Crippen LogP contribution in [0.3, 0.4) is 0 Å². The van der Waals surface area contributed by atoms with Gasteiger partial charge in [-0.1, -0.05) is 26.0 Å². The van der Waals surface area contributed by atoms with Gasteiger partial charge in [0.15, 0.2) is 0 Å². The molecule has 2 rings (SSSR count). The number of para-hydroxylation sites is 1. The minimum atomic E-state index is -0.102. The average molecular weight is 293 g/mol. The Labute approximate surface area is 128 Å². The third kappa shape index (κ3) is 3.55. The molecule has 1 aromatic carbocycles. The van der Waals surface area contributed by atoms with Crippen molar-refractivity contribution in [1.82, 2.24) is 10.2 Å². The Bertz CT molecular complexity index is 463. The lowest BCUT2D eigenvalue weighted by atomic mass is 10.0. The number of hydrogen-bond donors (Lipinski definition) is 1. The molecule has 1 fully saturated rings. The van der Waals surface area contributed by atoms with Crippen molar-refractivity contribution >= 4 is 5.69 Å². The van der Waals surface area contributed by atoms with Crippen LogP contribution in [0, 0.1) is 5.82 Å². The summed E-state index contributed by atoms with van der Waals surface area (Å²) in [4.78, 5) is 4.67. The summed E-state index contributed by atoms with van der Waals surface area (Å²) in [5.74, 6) is -0.102. The molecule has 0 amide bonds. The van der Waals surface area contributed by atoms with Crippen LogP contribution in [0.2, 0.25) is 0 Å². The summed E-state index contributed by atoms with van der Waals surface area (Å²) in [6.07, 6.45) is 0. The fourth-order valence-electron chi connectivity index (χ4n) is 3.30. The minimum absolute atomic E-state index is 0.102. The first-order valence-electron chi connectivity index (χ1n) is 8.09. The molecule has 0 saturated carbocycles. The highest BCUT2D eigenvalue weighted by molar-refractivity contribution is 5.56. The molecule has 1 aliphatic rings. The van der Waals surface area contributed by atoms with Gasteiger partial charge in [0.1, 0.15) is 5.82 Å². The van der Waals surface area contributed by atoms with Gasteiger partial charge in [0, 0.05) is 31.7 Å². The van der Waals surface area contributed by atoms with Crippen LogP contribution in [0.1, 0.15) is 39.3 Å². The van der Waals surface area contributed by atoms with E-state index in [9.17, 15) is 4.39 Å². The van der Waals surface area contributed by atoms with Crippen LogP contribution in [0.15, 0.2) is 18.2 Å². The lowest BCUT2D eigenvalue weighted by Gasteiger charge is -2.41. The number of hydrogen-bond acceptors (Lipinski definition) is 3. The van der Waals surface area contributed by atoms with Crippen molar-refractivity contribution in [3.05, 3.63) is 29.6 Å². The SMILES string of the molecule is CCNC(C)c1cccc(F)c1N1CCN(CC)C(C)C1. The van der Waals surface area contributed by atoms with E-state index in [1.807, 2.05) is 12.1 Å². The standard InChI is InChI=1S/C17H28FN3/c1-5-19-14(4)15-8-7-9-16(18)17(15)21-11-10-20(6-2)13(3)12-21/h7-9,13-14,19H,5-6,10-12H2,1-4H3. The van der Waals surface area contributed by atoms with E-state index < -0.39 is 0 Å². The van der Waals surface area contributed by atoms with E-state index in [2.05, 4.69) is 42.8 Å². The Kier molecular flexibility index (Phi) is 5.59. The lowest BCUT2D eigenvalue weighted by Crippen LogP contribution is -2.52. The van der Waals surface area contributed by atoms with Gasteiger partial charge in [-0.15, -0.1) is 0 Å². The zero-order chi connectivity index (χ0) is 15.4. The summed E-state index contributed by atoms with van der Waals surface area (Å²) >= 11 is 0. The molecule has 3 nitrogen and oxygen atoms in total. The second kappa shape index (κ2) is 7.23. The monoisotopic (exact) mass is 293 g/mol. The number of rotatable bonds is 5. The van der Waals surface area contributed by atoms with Crippen LogP contribution < -0.4 is 10.2 Å². The second-order valence-electron chi connectivity index (χ2n) is 5.88. The topological polar surface area (TPSA) is 18.5 Å². The molecule has 4 heteroatoms. The van der Waals surface area contributed by atoms with E-state index in [1.165, 1.54) is 0 Å². The van der Waals surface area contributed by atoms with Gasteiger partial charge < -0.3 is 10.2 Å². The first kappa shape index (κ1) is 16.2. The molecule has 0 radical (unpaired) electrons. The summed E-state index contributed by atoms with van der Waals surface area (Å²) in [5.41, 5.74) is 1.85. The van der Waals surface area contributed by atoms with Crippen LogP contribution in [-0.2, 0) is 0 Å². The zero-order valence-electron chi connectivity index (χ0n) is 13.7.